The Morgan fingerprint density at radius 2 is 1.75 bits per heavy atom. The summed E-state index contributed by atoms with van der Waals surface area (Å²) in [5.74, 6) is 0. The number of aryl methyl sites for hydroxylation is 2. The van der Waals surface area contributed by atoms with Gasteiger partial charge >= 0.3 is 0 Å². The summed E-state index contributed by atoms with van der Waals surface area (Å²) < 4.78 is 3.77. The molecule has 0 radical (unpaired) electrons. The normalized spacial score (nSPS) is 16.9. The highest BCUT2D eigenvalue weighted by Gasteiger charge is 2.21. The highest BCUT2D eigenvalue weighted by Crippen LogP contribution is 2.27. The van der Waals surface area contributed by atoms with E-state index in [1.807, 2.05) is 22.5 Å². The third kappa shape index (κ3) is 3.08. The Morgan fingerprint density at radius 3 is 2.46 bits per heavy atom. The Labute approximate surface area is 165 Å². The van der Waals surface area contributed by atoms with Crippen LogP contribution in [0.3, 0.4) is 0 Å². The van der Waals surface area contributed by atoms with Gasteiger partial charge in [-0.25, -0.2) is 0 Å². The number of pyridine rings is 1. The molecule has 0 unspecified atom stereocenters. The third-order valence-electron chi connectivity index (χ3n) is 6.52. The molecule has 0 aliphatic heterocycles. The van der Waals surface area contributed by atoms with Crippen LogP contribution in [0.1, 0.15) is 54.4 Å². The molecule has 1 aromatic carbocycles. The third-order valence-corrected chi connectivity index (χ3v) is 6.52. The van der Waals surface area contributed by atoms with Crippen molar-refractivity contribution in [1.82, 2.24) is 19.7 Å². The van der Waals surface area contributed by atoms with Crippen molar-refractivity contribution in [2.24, 2.45) is 7.05 Å². The van der Waals surface area contributed by atoms with Crippen molar-refractivity contribution >= 4 is 11.0 Å². The minimum absolute atomic E-state index is 0.168. The van der Waals surface area contributed by atoms with Crippen molar-refractivity contribution in [2.45, 2.75) is 64.1 Å². The van der Waals surface area contributed by atoms with E-state index in [1.165, 1.54) is 30.4 Å². The molecule has 1 fully saturated rings. The van der Waals surface area contributed by atoms with Crippen LogP contribution in [0.25, 0.3) is 11.0 Å². The molecule has 146 valence electrons. The predicted molar refractivity (Wildman–Crippen MR) is 112 cm³/mol. The average Bonchev–Trinajstić information content (AvgIpc) is 3.07. The van der Waals surface area contributed by atoms with Crippen molar-refractivity contribution in [3.8, 4) is 0 Å². The number of hydrogen-bond donors (Lipinski definition) is 1. The summed E-state index contributed by atoms with van der Waals surface area (Å²) >= 11 is 0. The number of nitrogens with zero attached hydrogens (tertiary/aromatic N) is 3. The Kier molecular flexibility index (Phi) is 4.55. The molecule has 5 nitrogen and oxygen atoms in total. The van der Waals surface area contributed by atoms with Crippen molar-refractivity contribution in [3.63, 3.8) is 0 Å². The lowest BCUT2D eigenvalue weighted by molar-refractivity contribution is 0.338. The summed E-state index contributed by atoms with van der Waals surface area (Å²) in [4.78, 5) is 13.3. The van der Waals surface area contributed by atoms with Crippen LogP contribution < -0.4 is 10.9 Å². The van der Waals surface area contributed by atoms with Gasteiger partial charge in [0.25, 0.3) is 5.56 Å². The molecule has 0 spiro atoms. The Hall–Kier alpha value is -2.40. The molecular formula is C23H28N4O. The second kappa shape index (κ2) is 7.21. The highest BCUT2D eigenvalue weighted by molar-refractivity contribution is 5.80. The van der Waals surface area contributed by atoms with E-state index in [1.54, 1.807) is 0 Å². The average molecular weight is 377 g/mol. The molecule has 0 saturated heterocycles. The highest BCUT2D eigenvalue weighted by atomic mass is 16.1. The maximum absolute atomic E-state index is 13.3. The summed E-state index contributed by atoms with van der Waals surface area (Å²) in [5, 5.41) is 9.22. The van der Waals surface area contributed by atoms with Crippen LogP contribution in [0.15, 0.2) is 35.3 Å². The molecule has 0 bridgehead atoms. The molecule has 28 heavy (non-hydrogen) atoms. The Balaban J connectivity index is 1.45. The number of fused-ring (bicyclic) bond motifs is 3. The molecule has 5 heteroatoms. The summed E-state index contributed by atoms with van der Waals surface area (Å²) in [6.07, 6.45) is 10.1. The zero-order valence-electron chi connectivity index (χ0n) is 16.6. The first-order valence-corrected chi connectivity index (χ1v) is 10.6. The van der Waals surface area contributed by atoms with Gasteiger partial charge in [-0.3, -0.25) is 14.0 Å². The molecule has 2 aliphatic rings. The molecule has 5 rings (SSSR count). The number of hydrogen-bond acceptors (Lipinski definition) is 3. The standard InChI is InChI=1S/C23H28N4O/c1-26-22-21(14-25-26)19-7-2-3-8-20(19)23(28)27(22)15-17-11-9-16(10-12-17)13-24-18-5-4-6-18/h9-12,14,18,24H,2-8,13,15H2,1H3. The first-order chi connectivity index (χ1) is 13.7. The fourth-order valence-corrected chi connectivity index (χ4v) is 4.63. The Bertz CT molecular complexity index is 1060. The quantitative estimate of drug-likeness (QED) is 0.743. The van der Waals surface area contributed by atoms with Gasteiger partial charge in [-0.15, -0.1) is 0 Å². The maximum Gasteiger partial charge on any atom is 0.255 e. The molecular weight excluding hydrogens is 348 g/mol. The summed E-state index contributed by atoms with van der Waals surface area (Å²) in [6, 6.07) is 9.39. The lowest BCUT2D eigenvalue weighted by atomic mass is 9.91. The van der Waals surface area contributed by atoms with Gasteiger partial charge in [0, 0.05) is 30.6 Å². The van der Waals surface area contributed by atoms with Crippen molar-refractivity contribution in [2.75, 3.05) is 0 Å². The molecule has 2 heterocycles. The maximum atomic E-state index is 13.3. The predicted octanol–water partition coefficient (Wildman–Crippen LogP) is 3.30. The van der Waals surface area contributed by atoms with Crippen LogP contribution in [0, 0.1) is 0 Å². The monoisotopic (exact) mass is 376 g/mol. The van der Waals surface area contributed by atoms with Crippen molar-refractivity contribution in [3.05, 3.63) is 63.1 Å². The van der Waals surface area contributed by atoms with Gasteiger partial charge in [0.05, 0.1) is 12.7 Å². The van der Waals surface area contributed by atoms with E-state index >= 15 is 0 Å². The van der Waals surface area contributed by atoms with Gasteiger partial charge in [-0.1, -0.05) is 30.7 Å². The lowest BCUT2D eigenvalue weighted by Gasteiger charge is -2.26. The SMILES string of the molecule is Cn1ncc2c3c(c(=O)n(Cc4ccc(CNC5CCC5)cc4)c21)CCCC3. The number of rotatable bonds is 5. The number of benzene rings is 1. The first kappa shape index (κ1) is 17.7. The number of aromatic nitrogens is 3. The van der Waals surface area contributed by atoms with Gasteiger partial charge < -0.3 is 5.32 Å². The van der Waals surface area contributed by atoms with Gasteiger partial charge in [-0.2, -0.15) is 5.10 Å². The fraction of sp³-hybridized carbons (Fsp3) is 0.478. The molecule has 0 atom stereocenters. The minimum Gasteiger partial charge on any atom is -0.310 e. The molecule has 2 aliphatic carbocycles. The summed E-state index contributed by atoms with van der Waals surface area (Å²) in [6.45, 7) is 1.52. The van der Waals surface area contributed by atoms with Gasteiger partial charge in [0.1, 0.15) is 5.65 Å². The van der Waals surface area contributed by atoms with Crippen LogP contribution in [0.5, 0.6) is 0 Å². The lowest BCUT2D eigenvalue weighted by Crippen LogP contribution is -2.34. The van der Waals surface area contributed by atoms with E-state index in [2.05, 4.69) is 34.7 Å². The van der Waals surface area contributed by atoms with E-state index in [-0.39, 0.29) is 5.56 Å². The second-order valence-electron chi connectivity index (χ2n) is 8.39. The number of nitrogens with one attached hydrogen (secondary N) is 1. The zero-order valence-corrected chi connectivity index (χ0v) is 16.6. The molecule has 2 aromatic heterocycles. The van der Waals surface area contributed by atoms with Gasteiger partial charge in [0.2, 0.25) is 0 Å². The van der Waals surface area contributed by atoms with E-state index in [0.717, 1.165) is 54.4 Å². The topological polar surface area (TPSA) is 51.9 Å². The minimum atomic E-state index is 0.168. The van der Waals surface area contributed by atoms with Crippen LogP contribution in [0.2, 0.25) is 0 Å². The largest absolute Gasteiger partial charge is 0.310 e. The van der Waals surface area contributed by atoms with E-state index in [4.69, 9.17) is 0 Å². The van der Waals surface area contributed by atoms with Gasteiger partial charge in [-0.05, 0) is 55.2 Å². The van der Waals surface area contributed by atoms with Crippen molar-refractivity contribution in [1.29, 1.82) is 0 Å². The zero-order chi connectivity index (χ0) is 19.1. The Morgan fingerprint density at radius 1 is 1.04 bits per heavy atom. The van der Waals surface area contributed by atoms with E-state index in [0.29, 0.717) is 12.6 Å². The smallest absolute Gasteiger partial charge is 0.255 e. The molecule has 1 saturated carbocycles. The van der Waals surface area contributed by atoms with Crippen LogP contribution in [-0.2, 0) is 33.0 Å². The molecule has 0 amide bonds. The van der Waals surface area contributed by atoms with E-state index < -0.39 is 0 Å². The van der Waals surface area contributed by atoms with E-state index in [9.17, 15) is 4.79 Å². The van der Waals surface area contributed by atoms with Crippen LogP contribution in [-0.4, -0.2) is 20.4 Å². The molecule has 3 aromatic rings. The molecule has 1 N–H and O–H groups in total. The van der Waals surface area contributed by atoms with Gasteiger partial charge in [0.15, 0.2) is 0 Å². The van der Waals surface area contributed by atoms with Crippen molar-refractivity contribution < 1.29 is 0 Å². The summed E-state index contributed by atoms with van der Waals surface area (Å²) in [7, 11) is 1.93. The summed E-state index contributed by atoms with van der Waals surface area (Å²) in [5.41, 5.74) is 5.82. The van der Waals surface area contributed by atoms with Crippen LogP contribution in [0.4, 0.5) is 0 Å². The fourth-order valence-electron chi connectivity index (χ4n) is 4.63. The van der Waals surface area contributed by atoms with Crippen LogP contribution >= 0.6 is 0 Å². The second-order valence-corrected chi connectivity index (χ2v) is 8.39. The first-order valence-electron chi connectivity index (χ1n) is 10.6.